The maximum absolute atomic E-state index is 13.0. The minimum Gasteiger partial charge on any atom is -0.477 e. The summed E-state index contributed by atoms with van der Waals surface area (Å²) in [5.41, 5.74) is 0.943. The van der Waals surface area contributed by atoms with Crippen LogP contribution in [0.1, 0.15) is 42.6 Å². The van der Waals surface area contributed by atoms with Gasteiger partial charge in [-0.1, -0.05) is 13.8 Å². The molecule has 0 aromatic carbocycles. The lowest BCUT2D eigenvalue weighted by molar-refractivity contribution is -0.163. The molecule has 0 saturated carbocycles. The Morgan fingerprint density at radius 2 is 1.91 bits per heavy atom. The minimum absolute atomic E-state index is 0.0269. The van der Waals surface area contributed by atoms with Crippen molar-refractivity contribution < 1.29 is 24.6 Å². The molecule has 0 bridgehead atoms. The van der Waals surface area contributed by atoms with Gasteiger partial charge in [0.15, 0.2) is 5.78 Å². The van der Waals surface area contributed by atoms with E-state index < -0.39 is 18.0 Å². The summed E-state index contributed by atoms with van der Waals surface area (Å²) in [5.74, 6) is -2.41. The summed E-state index contributed by atoms with van der Waals surface area (Å²) in [5, 5.41) is 20.0. The number of carbonyl (C=O) groups is 3. The molecule has 2 aromatic rings. The number of hydrogen-bond acceptors (Lipinski definition) is 8. The van der Waals surface area contributed by atoms with Crippen LogP contribution in [0.4, 0.5) is 0 Å². The number of carboxylic acids is 1. The molecular weight excluding hydrogens is 470 g/mol. The molecule has 3 aliphatic rings. The van der Waals surface area contributed by atoms with Gasteiger partial charge in [-0.15, -0.1) is 11.3 Å². The molecule has 3 aliphatic heterocycles. The van der Waals surface area contributed by atoms with Gasteiger partial charge in [0.1, 0.15) is 22.5 Å². The van der Waals surface area contributed by atoms with E-state index in [4.69, 9.17) is 0 Å². The van der Waals surface area contributed by atoms with E-state index in [2.05, 4.69) is 21.7 Å². The van der Waals surface area contributed by atoms with Crippen LogP contribution in [0.2, 0.25) is 0 Å². The molecule has 2 N–H and O–H groups in total. The van der Waals surface area contributed by atoms with Crippen molar-refractivity contribution in [2.24, 2.45) is 11.8 Å². The first-order chi connectivity index (χ1) is 16.7. The standard InChI is InChI=1S/C24H31N5O5S/c1-4-26-7-9-27(10-8-26)6-5-15(31)19-23-28(12-25-19)11-16(35-23)17-13(2)20-18(14(3)30)22(32)29(20)21(17)24(33)34/h11-14,18,20,30H,4-10H2,1-3H3,(H,33,34)/t13-,14+,18+,20+/m0/s1. The van der Waals surface area contributed by atoms with Gasteiger partial charge >= 0.3 is 5.97 Å². The summed E-state index contributed by atoms with van der Waals surface area (Å²) in [6.07, 6.45) is 2.90. The van der Waals surface area contributed by atoms with Crippen LogP contribution in [0.5, 0.6) is 0 Å². The minimum atomic E-state index is -1.16. The van der Waals surface area contributed by atoms with Crippen LogP contribution in [0.15, 0.2) is 18.2 Å². The van der Waals surface area contributed by atoms with Crippen LogP contribution >= 0.6 is 11.3 Å². The number of β-lactam (4-membered cyclic amide) rings is 1. The number of Topliss-reactive ketones (excluding diaryl/α,β-unsaturated/α-hetero) is 1. The first kappa shape index (κ1) is 24.1. The summed E-state index contributed by atoms with van der Waals surface area (Å²) >= 11 is 1.33. The van der Waals surface area contributed by atoms with Gasteiger partial charge in [-0.2, -0.15) is 0 Å². The zero-order valence-corrected chi connectivity index (χ0v) is 21.0. The number of aromatic nitrogens is 2. The van der Waals surface area contributed by atoms with Crippen molar-refractivity contribution in [2.45, 2.75) is 39.3 Å². The van der Waals surface area contributed by atoms with Crippen molar-refractivity contribution in [3.05, 3.63) is 28.8 Å². The molecule has 2 saturated heterocycles. The van der Waals surface area contributed by atoms with E-state index in [9.17, 15) is 24.6 Å². The number of fused-ring (bicyclic) bond motifs is 2. The zero-order valence-electron chi connectivity index (χ0n) is 20.2. The Labute approximate surface area is 207 Å². The van der Waals surface area contributed by atoms with Crippen LogP contribution in [-0.4, -0.2) is 103 Å². The summed E-state index contributed by atoms with van der Waals surface area (Å²) in [4.78, 5) is 49.6. The highest BCUT2D eigenvalue weighted by Crippen LogP contribution is 2.51. The van der Waals surface area contributed by atoms with Crippen LogP contribution in [0.3, 0.4) is 0 Å². The third kappa shape index (κ3) is 3.90. The highest BCUT2D eigenvalue weighted by Gasteiger charge is 2.60. The van der Waals surface area contributed by atoms with Crippen LogP contribution in [0.25, 0.3) is 10.4 Å². The fourth-order valence-corrected chi connectivity index (χ4v) is 6.95. The van der Waals surface area contributed by atoms with Gasteiger partial charge in [0.25, 0.3) is 0 Å². The lowest BCUT2D eigenvalue weighted by Crippen LogP contribution is -2.63. The monoisotopic (exact) mass is 501 g/mol. The van der Waals surface area contributed by atoms with E-state index in [-0.39, 0.29) is 29.3 Å². The molecule has 0 spiro atoms. The maximum Gasteiger partial charge on any atom is 0.352 e. The molecule has 5 rings (SSSR count). The Balaban J connectivity index is 1.37. The van der Waals surface area contributed by atoms with E-state index in [1.807, 2.05) is 6.92 Å². The Kier molecular flexibility index (Phi) is 6.28. The Morgan fingerprint density at radius 1 is 1.23 bits per heavy atom. The Morgan fingerprint density at radius 3 is 2.54 bits per heavy atom. The lowest BCUT2D eigenvalue weighted by atomic mass is 9.77. The summed E-state index contributed by atoms with van der Waals surface area (Å²) < 4.78 is 1.76. The number of amides is 1. The second-order valence-electron chi connectivity index (χ2n) is 9.67. The number of rotatable bonds is 8. The Hall–Kier alpha value is -2.60. The number of aliphatic hydroxyl groups is 1. The number of ketones is 1. The summed E-state index contributed by atoms with van der Waals surface area (Å²) in [7, 11) is 0. The van der Waals surface area contributed by atoms with Gasteiger partial charge in [-0.25, -0.2) is 9.78 Å². The van der Waals surface area contributed by atoms with Crippen molar-refractivity contribution in [3.8, 4) is 0 Å². The van der Waals surface area contributed by atoms with Crippen molar-refractivity contribution in [2.75, 3.05) is 39.3 Å². The van der Waals surface area contributed by atoms with Gasteiger partial charge in [0.05, 0.1) is 22.9 Å². The lowest BCUT2D eigenvalue weighted by Gasteiger charge is -2.46. The first-order valence-electron chi connectivity index (χ1n) is 12.2. The number of hydrogen-bond donors (Lipinski definition) is 2. The molecule has 2 aromatic heterocycles. The maximum atomic E-state index is 13.0. The fourth-order valence-electron chi connectivity index (χ4n) is 5.72. The zero-order chi connectivity index (χ0) is 25.0. The molecule has 0 unspecified atom stereocenters. The third-order valence-corrected chi connectivity index (χ3v) is 8.83. The highest BCUT2D eigenvalue weighted by atomic mass is 32.1. The van der Waals surface area contributed by atoms with Crippen molar-refractivity contribution in [1.82, 2.24) is 24.1 Å². The van der Waals surface area contributed by atoms with Gasteiger partial charge in [-0.3, -0.25) is 14.0 Å². The average Bonchev–Trinajstić information content (AvgIpc) is 3.47. The number of piperazine rings is 1. The molecule has 188 valence electrons. The number of imidazole rings is 1. The average molecular weight is 502 g/mol. The van der Waals surface area contributed by atoms with E-state index in [1.165, 1.54) is 16.2 Å². The van der Waals surface area contributed by atoms with Gasteiger partial charge in [-0.05, 0) is 13.5 Å². The van der Waals surface area contributed by atoms with Gasteiger partial charge in [0.2, 0.25) is 5.91 Å². The number of carboxylic acid groups (broad SMARTS) is 1. The van der Waals surface area contributed by atoms with Gasteiger partial charge < -0.3 is 24.9 Å². The normalized spacial score (nSPS) is 26.3. The van der Waals surface area contributed by atoms with Crippen LogP contribution < -0.4 is 0 Å². The second-order valence-corrected chi connectivity index (χ2v) is 10.7. The number of aliphatic hydroxyl groups excluding tert-OH is 1. The third-order valence-electron chi connectivity index (χ3n) is 7.68. The van der Waals surface area contributed by atoms with Crippen LogP contribution in [-0.2, 0) is 9.59 Å². The second kappa shape index (κ2) is 9.12. The molecule has 1 amide bonds. The quantitative estimate of drug-likeness (QED) is 0.410. The largest absolute Gasteiger partial charge is 0.477 e. The summed E-state index contributed by atoms with van der Waals surface area (Å²) in [6.45, 7) is 11.3. The molecule has 0 aliphatic carbocycles. The SMILES string of the molecule is CCN1CCN(CCC(=O)c2ncn3cc(C4=C(C(=O)O)N5C(=O)[C@H]([C@@H](C)O)[C@H]5[C@H]4C)sc23)CC1. The van der Waals surface area contributed by atoms with E-state index >= 15 is 0 Å². The number of likely N-dealkylation sites (N-methyl/N-ethyl adjacent to an activating group) is 1. The van der Waals surface area contributed by atoms with Crippen molar-refractivity contribution in [1.29, 1.82) is 0 Å². The van der Waals surface area contributed by atoms with E-state index in [0.717, 1.165) is 32.7 Å². The number of aliphatic carboxylic acids is 1. The molecule has 5 heterocycles. The van der Waals surface area contributed by atoms with Crippen molar-refractivity contribution >= 4 is 39.4 Å². The molecule has 2 fully saturated rings. The number of thiazole rings is 1. The highest BCUT2D eigenvalue weighted by molar-refractivity contribution is 7.18. The number of carbonyl (C=O) groups excluding carboxylic acids is 2. The molecule has 4 atom stereocenters. The van der Waals surface area contributed by atoms with Crippen LogP contribution in [0, 0.1) is 11.8 Å². The molecule has 0 radical (unpaired) electrons. The molecule has 10 nitrogen and oxygen atoms in total. The predicted molar refractivity (Wildman–Crippen MR) is 130 cm³/mol. The topological polar surface area (TPSA) is 119 Å². The van der Waals surface area contributed by atoms with E-state index in [0.29, 0.717) is 33.9 Å². The molecule has 11 heteroatoms. The smallest absolute Gasteiger partial charge is 0.352 e. The molecule has 35 heavy (non-hydrogen) atoms. The predicted octanol–water partition coefficient (Wildman–Crippen LogP) is 1.26. The summed E-state index contributed by atoms with van der Waals surface area (Å²) in [6, 6.07) is -0.377. The number of nitrogens with zero attached hydrogens (tertiary/aromatic N) is 5. The van der Waals surface area contributed by atoms with E-state index in [1.54, 1.807) is 23.8 Å². The van der Waals surface area contributed by atoms with Crippen molar-refractivity contribution in [3.63, 3.8) is 0 Å². The first-order valence-corrected chi connectivity index (χ1v) is 13.0. The molecular formula is C24H31N5O5S. The van der Waals surface area contributed by atoms with Gasteiger partial charge in [0, 0.05) is 56.8 Å². The Bertz CT molecular complexity index is 1210. The fraction of sp³-hybridized carbons (Fsp3) is 0.583.